The fourth-order valence-corrected chi connectivity index (χ4v) is 2.93. The van der Waals surface area contributed by atoms with Crippen LogP contribution in [0.4, 0.5) is 22.2 Å². The molecular weight excluding hydrogens is 384 g/mol. The van der Waals surface area contributed by atoms with Gasteiger partial charge in [-0.05, 0) is 63.1 Å². The van der Waals surface area contributed by atoms with Gasteiger partial charge < -0.3 is 20.6 Å². The third kappa shape index (κ3) is 4.87. The van der Waals surface area contributed by atoms with E-state index in [0.717, 1.165) is 16.5 Å². The lowest BCUT2D eigenvalue weighted by atomic mass is 10.0. The van der Waals surface area contributed by atoms with Crippen LogP contribution < -0.4 is 27.1 Å². The Morgan fingerprint density at radius 2 is 1.80 bits per heavy atom. The Bertz CT molecular complexity index is 1080. The van der Waals surface area contributed by atoms with Crippen LogP contribution in [0.2, 0.25) is 0 Å². The summed E-state index contributed by atoms with van der Waals surface area (Å²) >= 11 is 0. The van der Waals surface area contributed by atoms with Crippen molar-refractivity contribution in [1.29, 1.82) is 0 Å². The number of rotatable bonds is 5. The summed E-state index contributed by atoms with van der Waals surface area (Å²) in [5.74, 6) is 6.69. The van der Waals surface area contributed by atoms with Gasteiger partial charge in [-0.1, -0.05) is 12.1 Å². The van der Waals surface area contributed by atoms with Crippen LogP contribution in [0.1, 0.15) is 27.7 Å². The van der Waals surface area contributed by atoms with E-state index in [1.54, 1.807) is 26.8 Å². The van der Waals surface area contributed by atoms with Crippen LogP contribution in [0.25, 0.3) is 22.0 Å². The highest BCUT2D eigenvalue weighted by Gasteiger charge is 2.18. The van der Waals surface area contributed by atoms with E-state index in [1.807, 2.05) is 37.3 Å². The second-order valence-corrected chi connectivity index (χ2v) is 7.58. The van der Waals surface area contributed by atoms with E-state index in [-0.39, 0.29) is 5.95 Å². The van der Waals surface area contributed by atoms with E-state index in [1.165, 1.54) is 0 Å². The van der Waals surface area contributed by atoms with E-state index in [0.29, 0.717) is 29.4 Å². The molecule has 0 saturated heterocycles. The number of benzene rings is 2. The molecular formula is C21H26N6O3. The number of carbonyl (C=O) groups excluding carboxylic acids is 1. The first-order valence-electron chi connectivity index (χ1n) is 9.51. The highest BCUT2D eigenvalue weighted by molar-refractivity contribution is 5.94. The number of hydrogen-bond donors (Lipinski definition) is 4. The topological polar surface area (TPSA) is 137 Å². The minimum atomic E-state index is -0.596. The number of nitrogens with zero attached hydrogens (tertiary/aromatic N) is 2. The molecule has 0 unspecified atom stereocenters. The smallest absolute Gasteiger partial charge is 0.412 e. The van der Waals surface area contributed by atoms with Gasteiger partial charge in [0.25, 0.3) is 0 Å². The van der Waals surface area contributed by atoms with Gasteiger partial charge in [-0.2, -0.15) is 4.98 Å². The predicted molar refractivity (Wildman–Crippen MR) is 118 cm³/mol. The maximum Gasteiger partial charge on any atom is 0.412 e. The summed E-state index contributed by atoms with van der Waals surface area (Å²) in [5.41, 5.74) is 10.7. The van der Waals surface area contributed by atoms with Crippen molar-refractivity contribution < 1.29 is 14.3 Å². The van der Waals surface area contributed by atoms with Gasteiger partial charge in [0.2, 0.25) is 5.95 Å². The predicted octanol–water partition coefficient (Wildman–Crippen LogP) is 3.91. The van der Waals surface area contributed by atoms with Gasteiger partial charge in [0.1, 0.15) is 11.4 Å². The molecule has 30 heavy (non-hydrogen) atoms. The molecule has 0 saturated carbocycles. The third-order valence-corrected chi connectivity index (χ3v) is 4.10. The number of fused-ring (bicyclic) bond motifs is 1. The van der Waals surface area contributed by atoms with Gasteiger partial charge in [-0.25, -0.2) is 15.6 Å². The Hall–Kier alpha value is -3.59. The molecule has 3 rings (SSSR count). The molecule has 6 N–H and O–H groups in total. The van der Waals surface area contributed by atoms with Crippen molar-refractivity contribution >= 4 is 34.4 Å². The fourth-order valence-electron chi connectivity index (χ4n) is 2.93. The maximum atomic E-state index is 12.2. The molecule has 1 amide bonds. The molecule has 0 aliphatic carbocycles. The number of hydrogen-bond acceptors (Lipinski definition) is 8. The number of aromatic nitrogens is 2. The Labute approximate surface area is 174 Å². The molecule has 9 nitrogen and oxygen atoms in total. The number of anilines is 3. The maximum absolute atomic E-state index is 12.2. The van der Waals surface area contributed by atoms with Crippen LogP contribution in [-0.2, 0) is 4.74 Å². The van der Waals surface area contributed by atoms with Gasteiger partial charge in [0, 0.05) is 5.39 Å². The molecule has 0 aliphatic heterocycles. The van der Waals surface area contributed by atoms with E-state index >= 15 is 0 Å². The van der Waals surface area contributed by atoms with Crippen LogP contribution in [0.5, 0.6) is 5.75 Å². The molecule has 1 heterocycles. The third-order valence-electron chi connectivity index (χ3n) is 4.10. The lowest BCUT2D eigenvalue weighted by Crippen LogP contribution is -2.27. The van der Waals surface area contributed by atoms with Gasteiger partial charge in [-0.15, -0.1) is 0 Å². The largest absolute Gasteiger partial charge is 0.492 e. The van der Waals surface area contributed by atoms with Crippen molar-refractivity contribution in [3.05, 3.63) is 36.4 Å². The summed E-state index contributed by atoms with van der Waals surface area (Å²) in [6, 6.07) is 11.2. The molecule has 0 spiro atoms. The van der Waals surface area contributed by atoms with Gasteiger partial charge in [-0.3, -0.25) is 5.32 Å². The summed E-state index contributed by atoms with van der Waals surface area (Å²) in [4.78, 5) is 20.5. The Morgan fingerprint density at radius 3 is 2.47 bits per heavy atom. The summed E-state index contributed by atoms with van der Waals surface area (Å²) in [6.07, 6.45) is -0.546. The summed E-state index contributed by atoms with van der Waals surface area (Å²) in [7, 11) is 0. The lowest BCUT2D eigenvalue weighted by Gasteiger charge is -2.20. The molecule has 158 valence electrons. The average Bonchev–Trinajstić information content (AvgIpc) is 2.67. The average molecular weight is 410 g/mol. The number of amides is 1. The molecule has 0 fully saturated rings. The molecule has 2 aromatic carbocycles. The standard InChI is InChI=1S/C21H26N6O3/c1-5-29-17-11-13(7-9-16(17)25-20(28)30-21(2,3)4)12-6-8-15-14(10-12)18(27-23)26-19(22)24-15/h6-11H,5,23H2,1-4H3,(H,25,28)(H3,22,24,26,27). The number of nitrogens with two attached hydrogens (primary N) is 2. The van der Waals surface area contributed by atoms with Crippen molar-refractivity contribution in [3.63, 3.8) is 0 Å². The minimum Gasteiger partial charge on any atom is -0.492 e. The quantitative estimate of drug-likeness (QED) is 0.367. The highest BCUT2D eigenvalue weighted by Crippen LogP contribution is 2.33. The Balaban J connectivity index is 1.97. The first-order valence-corrected chi connectivity index (χ1v) is 9.51. The van der Waals surface area contributed by atoms with Gasteiger partial charge >= 0.3 is 6.09 Å². The van der Waals surface area contributed by atoms with E-state index < -0.39 is 11.7 Å². The molecule has 0 radical (unpaired) electrons. The van der Waals surface area contributed by atoms with Crippen LogP contribution in [0.3, 0.4) is 0 Å². The normalized spacial score (nSPS) is 11.2. The van der Waals surface area contributed by atoms with Crippen molar-refractivity contribution in [2.75, 3.05) is 23.1 Å². The van der Waals surface area contributed by atoms with Crippen LogP contribution in [-0.4, -0.2) is 28.3 Å². The van der Waals surface area contributed by atoms with Crippen LogP contribution in [0.15, 0.2) is 36.4 Å². The number of ether oxygens (including phenoxy) is 2. The SMILES string of the molecule is CCOc1cc(-c2ccc3nc(N)nc(NN)c3c2)ccc1NC(=O)OC(C)(C)C. The van der Waals surface area contributed by atoms with Gasteiger partial charge in [0.15, 0.2) is 5.82 Å². The van der Waals surface area contributed by atoms with E-state index in [2.05, 4.69) is 20.7 Å². The number of nitrogens with one attached hydrogen (secondary N) is 2. The van der Waals surface area contributed by atoms with Crippen molar-refractivity contribution in [2.24, 2.45) is 5.84 Å². The summed E-state index contributed by atoms with van der Waals surface area (Å²) < 4.78 is 11.1. The Morgan fingerprint density at radius 1 is 1.10 bits per heavy atom. The van der Waals surface area contributed by atoms with Gasteiger partial charge in [0.05, 0.1) is 17.8 Å². The molecule has 1 aromatic heterocycles. The summed E-state index contributed by atoms with van der Waals surface area (Å²) in [6.45, 7) is 7.74. The zero-order chi connectivity index (χ0) is 21.9. The molecule has 0 aliphatic rings. The zero-order valence-electron chi connectivity index (χ0n) is 17.4. The number of hydrazine groups is 1. The lowest BCUT2D eigenvalue weighted by molar-refractivity contribution is 0.0635. The zero-order valence-corrected chi connectivity index (χ0v) is 17.4. The second kappa shape index (κ2) is 8.42. The molecule has 9 heteroatoms. The van der Waals surface area contributed by atoms with E-state index in [9.17, 15) is 4.79 Å². The molecule has 0 bridgehead atoms. The van der Waals surface area contributed by atoms with Crippen molar-refractivity contribution in [1.82, 2.24) is 9.97 Å². The van der Waals surface area contributed by atoms with Crippen molar-refractivity contribution in [2.45, 2.75) is 33.3 Å². The molecule has 0 atom stereocenters. The van der Waals surface area contributed by atoms with E-state index in [4.69, 9.17) is 21.1 Å². The Kier molecular flexibility index (Phi) is 5.93. The van der Waals surface area contributed by atoms with Crippen molar-refractivity contribution in [3.8, 4) is 16.9 Å². The monoisotopic (exact) mass is 410 g/mol. The first kappa shape index (κ1) is 21.1. The highest BCUT2D eigenvalue weighted by atomic mass is 16.6. The van der Waals surface area contributed by atoms with Crippen LogP contribution >= 0.6 is 0 Å². The first-order chi connectivity index (χ1) is 14.2. The fraction of sp³-hybridized carbons (Fsp3) is 0.286. The molecule has 3 aromatic rings. The minimum absolute atomic E-state index is 0.138. The second-order valence-electron chi connectivity index (χ2n) is 7.58. The van der Waals surface area contributed by atoms with Crippen LogP contribution in [0, 0.1) is 0 Å². The number of nitrogen functional groups attached to an aromatic ring is 2. The summed E-state index contributed by atoms with van der Waals surface area (Å²) in [5, 5.41) is 3.47. The number of carbonyl (C=O) groups is 1.